The molecule has 0 spiro atoms. The summed E-state index contributed by atoms with van der Waals surface area (Å²) < 4.78 is 11.7. The highest BCUT2D eigenvalue weighted by atomic mass is 32.1. The number of rotatable bonds is 11. The number of ether oxygens (including phenoxy) is 2. The van der Waals surface area contributed by atoms with E-state index in [0.717, 1.165) is 11.4 Å². The van der Waals surface area contributed by atoms with Crippen molar-refractivity contribution >= 4 is 45.5 Å². The van der Waals surface area contributed by atoms with Crippen molar-refractivity contribution in [1.29, 1.82) is 0 Å². The first-order valence-corrected chi connectivity index (χ1v) is 12.6. The SMILES string of the molecule is CCOC(=O)CN(CC(=O)OCC)/N=C(C)\C(C)=N\c1nn(-c2ccccc2)c(=Nc2ccccc2)s1. The quantitative estimate of drug-likeness (QED) is 0.213. The lowest BCUT2D eigenvalue weighted by atomic mass is 10.3. The third-order valence-electron chi connectivity index (χ3n) is 4.84. The molecule has 0 amide bonds. The summed E-state index contributed by atoms with van der Waals surface area (Å²) in [5.41, 5.74) is 2.73. The molecular weight excluding hydrogens is 492 g/mol. The molecule has 0 bridgehead atoms. The first kappa shape index (κ1) is 27.5. The number of hydrazone groups is 1. The largest absolute Gasteiger partial charge is 0.465 e. The number of hydrogen-bond acceptors (Lipinski definition) is 10. The Morgan fingerprint density at radius 3 is 2.03 bits per heavy atom. The molecule has 1 aromatic heterocycles. The maximum Gasteiger partial charge on any atom is 0.327 e. The molecule has 11 heteroatoms. The summed E-state index contributed by atoms with van der Waals surface area (Å²) in [6.45, 7) is 7.05. The number of aromatic nitrogens is 2. The van der Waals surface area contributed by atoms with Crippen molar-refractivity contribution < 1.29 is 19.1 Å². The highest BCUT2D eigenvalue weighted by Crippen LogP contribution is 2.17. The topological polar surface area (TPSA) is 111 Å². The number of benzene rings is 2. The van der Waals surface area contributed by atoms with Gasteiger partial charge >= 0.3 is 11.9 Å². The zero-order valence-corrected chi connectivity index (χ0v) is 22.1. The normalized spacial score (nSPS) is 12.4. The molecule has 0 unspecified atom stereocenters. The average molecular weight is 523 g/mol. The minimum Gasteiger partial charge on any atom is -0.465 e. The molecule has 0 aliphatic rings. The van der Waals surface area contributed by atoms with Gasteiger partial charge in [0, 0.05) is 0 Å². The van der Waals surface area contributed by atoms with Crippen LogP contribution in [0.4, 0.5) is 10.8 Å². The Bertz CT molecular complexity index is 1300. The number of nitrogens with zero attached hydrogens (tertiary/aromatic N) is 6. The molecule has 0 atom stereocenters. The first-order valence-electron chi connectivity index (χ1n) is 11.8. The van der Waals surface area contributed by atoms with E-state index >= 15 is 0 Å². The summed E-state index contributed by atoms with van der Waals surface area (Å²) in [7, 11) is 0. The van der Waals surface area contributed by atoms with Crippen molar-refractivity contribution in [3.63, 3.8) is 0 Å². The Kier molecular flexibility index (Phi) is 10.3. The fourth-order valence-electron chi connectivity index (χ4n) is 3.09. The van der Waals surface area contributed by atoms with Crippen LogP contribution in [0.5, 0.6) is 0 Å². The number of carbonyl (C=O) groups excluding carboxylic acids is 2. The van der Waals surface area contributed by atoms with E-state index in [-0.39, 0.29) is 26.3 Å². The Labute approximate surface area is 219 Å². The highest BCUT2D eigenvalue weighted by Gasteiger charge is 2.16. The molecule has 194 valence electrons. The van der Waals surface area contributed by atoms with Crippen LogP contribution in [0.3, 0.4) is 0 Å². The van der Waals surface area contributed by atoms with Gasteiger partial charge in [0.25, 0.3) is 0 Å². The molecule has 3 rings (SSSR count). The summed E-state index contributed by atoms with van der Waals surface area (Å²) in [5.74, 6) is -0.983. The number of esters is 2. The second-order valence-electron chi connectivity index (χ2n) is 7.68. The van der Waals surface area contributed by atoms with Crippen LogP contribution in [-0.4, -0.2) is 64.5 Å². The van der Waals surface area contributed by atoms with E-state index in [2.05, 4.69) is 15.2 Å². The summed E-state index contributed by atoms with van der Waals surface area (Å²) in [5, 5.41) is 10.9. The van der Waals surface area contributed by atoms with Crippen LogP contribution >= 0.6 is 11.3 Å². The molecule has 2 aromatic carbocycles. The monoisotopic (exact) mass is 522 g/mol. The van der Waals surface area contributed by atoms with Gasteiger partial charge in [0.15, 0.2) is 0 Å². The van der Waals surface area contributed by atoms with E-state index in [1.54, 1.807) is 32.4 Å². The Hall–Kier alpha value is -4.12. The predicted molar refractivity (Wildman–Crippen MR) is 144 cm³/mol. The highest BCUT2D eigenvalue weighted by molar-refractivity contribution is 7.12. The van der Waals surface area contributed by atoms with Crippen LogP contribution in [0.1, 0.15) is 27.7 Å². The summed E-state index contributed by atoms with van der Waals surface area (Å²) >= 11 is 1.33. The van der Waals surface area contributed by atoms with Gasteiger partial charge in [0.05, 0.1) is 36.0 Å². The van der Waals surface area contributed by atoms with Crippen LogP contribution in [0, 0.1) is 0 Å². The van der Waals surface area contributed by atoms with Crippen LogP contribution in [0.25, 0.3) is 5.69 Å². The fourth-order valence-corrected chi connectivity index (χ4v) is 3.94. The molecule has 0 aliphatic carbocycles. The molecule has 0 N–H and O–H groups in total. The standard InChI is InChI=1S/C26H30N6O4S/c1-5-35-23(33)17-31(18-24(34)36-6-2)29-20(4)19(3)27-25-30-32(22-15-11-8-12-16-22)26(37-25)28-21-13-9-7-10-14-21/h7-16H,5-6,17-18H2,1-4H3/b27-19+,28-26?,29-20-. The minimum atomic E-state index is -0.492. The molecule has 37 heavy (non-hydrogen) atoms. The van der Waals surface area contributed by atoms with E-state index in [1.165, 1.54) is 16.3 Å². The van der Waals surface area contributed by atoms with Crippen molar-refractivity contribution in [3.05, 3.63) is 65.5 Å². The molecule has 0 radical (unpaired) electrons. The number of para-hydroxylation sites is 2. The Morgan fingerprint density at radius 1 is 0.892 bits per heavy atom. The number of aliphatic imine (C=N–C) groups is 1. The second-order valence-corrected chi connectivity index (χ2v) is 8.61. The summed E-state index contributed by atoms with van der Waals surface area (Å²) in [6.07, 6.45) is 0. The van der Waals surface area contributed by atoms with Gasteiger partial charge in [-0.3, -0.25) is 14.6 Å². The molecule has 0 aliphatic heterocycles. The maximum atomic E-state index is 12.0. The second kappa shape index (κ2) is 13.8. The molecule has 0 saturated carbocycles. The zero-order chi connectivity index (χ0) is 26.6. The first-order chi connectivity index (χ1) is 17.9. The van der Waals surface area contributed by atoms with Crippen LogP contribution in [-0.2, 0) is 19.1 Å². The van der Waals surface area contributed by atoms with E-state index in [0.29, 0.717) is 21.4 Å². The maximum absolute atomic E-state index is 12.0. The van der Waals surface area contributed by atoms with Gasteiger partial charge in [-0.05, 0) is 52.0 Å². The van der Waals surface area contributed by atoms with Gasteiger partial charge in [-0.25, -0.2) is 14.7 Å². The van der Waals surface area contributed by atoms with Crippen LogP contribution in [0.15, 0.2) is 75.7 Å². The lowest BCUT2D eigenvalue weighted by Gasteiger charge is -2.18. The Morgan fingerprint density at radius 2 is 1.46 bits per heavy atom. The zero-order valence-electron chi connectivity index (χ0n) is 21.3. The van der Waals surface area contributed by atoms with Crippen molar-refractivity contribution in [2.45, 2.75) is 27.7 Å². The summed E-state index contributed by atoms with van der Waals surface area (Å²) in [4.78, 5) is 34.1. The lowest BCUT2D eigenvalue weighted by Crippen LogP contribution is -2.33. The molecular formula is C26H30N6O4S. The molecule has 0 fully saturated rings. The number of carbonyl (C=O) groups is 2. The third kappa shape index (κ3) is 8.50. The van der Waals surface area contributed by atoms with E-state index in [1.807, 2.05) is 60.7 Å². The van der Waals surface area contributed by atoms with Gasteiger partial charge in [-0.2, -0.15) is 5.10 Å². The minimum absolute atomic E-state index is 0.192. The lowest BCUT2D eigenvalue weighted by molar-refractivity contribution is -0.148. The van der Waals surface area contributed by atoms with Gasteiger partial charge in [-0.15, -0.1) is 5.10 Å². The van der Waals surface area contributed by atoms with Gasteiger partial charge < -0.3 is 9.47 Å². The summed E-state index contributed by atoms with van der Waals surface area (Å²) in [6, 6.07) is 19.3. The van der Waals surface area contributed by atoms with E-state index in [4.69, 9.17) is 14.5 Å². The van der Waals surface area contributed by atoms with Crippen molar-refractivity contribution in [2.75, 3.05) is 26.3 Å². The number of hydrogen-bond donors (Lipinski definition) is 0. The van der Waals surface area contributed by atoms with Crippen LogP contribution in [0.2, 0.25) is 0 Å². The molecule has 1 heterocycles. The average Bonchev–Trinajstić information content (AvgIpc) is 3.27. The van der Waals surface area contributed by atoms with Crippen molar-refractivity contribution in [1.82, 2.24) is 14.8 Å². The van der Waals surface area contributed by atoms with Gasteiger partial charge in [-0.1, -0.05) is 47.7 Å². The van der Waals surface area contributed by atoms with E-state index < -0.39 is 11.9 Å². The van der Waals surface area contributed by atoms with Crippen LogP contribution < -0.4 is 4.80 Å². The smallest absolute Gasteiger partial charge is 0.327 e. The van der Waals surface area contributed by atoms with Crippen molar-refractivity contribution in [3.8, 4) is 5.69 Å². The third-order valence-corrected chi connectivity index (χ3v) is 5.65. The fraction of sp³-hybridized carbons (Fsp3) is 0.308. The van der Waals surface area contributed by atoms with E-state index in [9.17, 15) is 9.59 Å². The van der Waals surface area contributed by atoms with Gasteiger partial charge in [0.1, 0.15) is 13.1 Å². The molecule has 3 aromatic rings. The Balaban J connectivity index is 1.94. The van der Waals surface area contributed by atoms with Gasteiger partial charge in [0.2, 0.25) is 9.93 Å². The predicted octanol–water partition coefficient (Wildman–Crippen LogP) is 4.06. The molecule has 10 nitrogen and oxygen atoms in total. The molecule has 0 saturated heterocycles. The van der Waals surface area contributed by atoms with Crippen molar-refractivity contribution in [2.24, 2.45) is 15.1 Å².